The van der Waals surface area contributed by atoms with Crippen LogP contribution in [-0.4, -0.2) is 53.1 Å². The molecule has 0 spiro atoms. The number of carbonyl (C=O) groups excluding carboxylic acids is 1. The van der Waals surface area contributed by atoms with Gasteiger partial charge in [-0.25, -0.2) is 8.42 Å². The lowest BCUT2D eigenvalue weighted by molar-refractivity contribution is -0.132. The van der Waals surface area contributed by atoms with Crippen LogP contribution in [-0.2, 0) is 14.8 Å². The van der Waals surface area contributed by atoms with Gasteiger partial charge in [0, 0.05) is 20.1 Å². The predicted octanol–water partition coefficient (Wildman–Crippen LogP) is 2.52. The molecule has 0 bridgehead atoms. The third-order valence-electron chi connectivity index (χ3n) is 4.74. The first kappa shape index (κ1) is 20.0. The Morgan fingerprint density at radius 2 is 1.57 bits per heavy atom. The maximum absolute atomic E-state index is 12.8. The summed E-state index contributed by atoms with van der Waals surface area (Å²) in [5.41, 5.74) is 0.494. The van der Waals surface area contributed by atoms with Crippen LogP contribution in [0.2, 0.25) is 0 Å². The molecule has 8 heteroatoms. The highest BCUT2D eigenvalue weighted by Gasteiger charge is 2.22. The molecule has 1 saturated heterocycles. The van der Waals surface area contributed by atoms with E-state index in [-0.39, 0.29) is 17.4 Å². The van der Waals surface area contributed by atoms with E-state index < -0.39 is 10.0 Å². The Labute approximate surface area is 165 Å². The molecule has 1 aliphatic rings. The lowest BCUT2D eigenvalue weighted by Gasteiger charge is -2.20. The molecule has 0 atom stereocenters. The molecule has 1 amide bonds. The van der Waals surface area contributed by atoms with Gasteiger partial charge in [-0.05, 0) is 61.4 Å². The van der Waals surface area contributed by atoms with E-state index >= 15 is 0 Å². The van der Waals surface area contributed by atoms with E-state index in [0.29, 0.717) is 17.2 Å². The van der Waals surface area contributed by atoms with Gasteiger partial charge in [0.2, 0.25) is 0 Å². The van der Waals surface area contributed by atoms with Gasteiger partial charge in [-0.1, -0.05) is 0 Å². The molecule has 7 nitrogen and oxygen atoms in total. The number of carbonyl (C=O) groups is 1. The first-order chi connectivity index (χ1) is 13.4. The van der Waals surface area contributed by atoms with Gasteiger partial charge in [0.1, 0.15) is 11.5 Å². The Bertz CT molecular complexity index is 905. The highest BCUT2D eigenvalue weighted by molar-refractivity contribution is 7.92. The summed E-state index contributed by atoms with van der Waals surface area (Å²) in [6.45, 7) is 1.56. The van der Waals surface area contributed by atoms with Gasteiger partial charge in [0.25, 0.3) is 15.9 Å². The molecule has 1 fully saturated rings. The average molecular weight is 404 g/mol. The summed E-state index contributed by atoms with van der Waals surface area (Å²) < 4.78 is 37.4. The van der Waals surface area contributed by atoms with Crippen LogP contribution in [0, 0.1) is 0 Å². The molecule has 0 aliphatic carbocycles. The van der Waals surface area contributed by atoms with Crippen LogP contribution >= 0.6 is 0 Å². The van der Waals surface area contributed by atoms with E-state index in [1.807, 2.05) is 0 Å². The van der Waals surface area contributed by atoms with Crippen molar-refractivity contribution in [1.82, 2.24) is 4.90 Å². The van der Waals surface area contributed by atoms with Gasteiger partial charge in [-0.2, -0.15) is 0 Å². The van der Waals surface area contributed by atoms with Crippen molar-refractivity contribution in [2.45, 2.75) is 17.7 Å². The van der Waals surface area contributed by atoms with Gasteiger partial charge in [0.15, 0.2) is 6.61 Å². The van der Waals surface area contributed by atoms with Gasteiger partial charge in [0.05, 0.1) is 17.7 Å². The number of hydrogen-bond acceptors (Lipinski definition) is 5. The highest BCUT2D eigenvalue weighted by Crippen LogP contribution is 2.25. The fourth-order valence-corrected chi connectivity index (χ4v) is 4.20. The van der Waals surface area contributed by atoms with Crippen molar-refractivity contribution in [3.63, 3.8) is 0 Å². The van der Waals surface area contributed by atoms with E-state index in [2.05, 4.69) is 0 Å². The van der Waals surface area contributed by atoms with Crippen molar-refractivity contribution in [2.24, 2.45) is 0 Å². The van der Waals surface area contributed by atoms with Gasteiger partial charge in [-0.3, -0.25) is 9.10 Å². The van der Waals surface area contributed by atoms with Crippen molar-refractivity contribution in [2.75, 3.05) is 38.2 Å². The molecule has 0 unspecified atom stereocenters. The van der Waals surface area contributed by atoms with E-state index in [9.17, 15) is 13.2 Å². The van der Waals surface area contributed by atoms with Crippen LogP contribution in [0.15, 0.2) is 53.4 Å². The molecule has 1 aliphatic heterocycles. The molecule has 2 aromatic carbocycles. The first-order valence-electron chi connectivity index (χ1n) is 9.05. The summed E-state index contributed by atoms with van der Waals surface area (Å²) in [4.78, 5) is 14.0. The zero-order valence-corrected chi connectivity index (χ0v) is 16.8. The zero-order chi connectivity index (χ0) is 20.1. The molecule has 2 aromatic rings. The van der Waals surface area contributed by atoms with Crippen molar-refractivity contribution < 1.29 is 22.7 Å². The topological polar surface area (TPSA) is 76.1 Å². The monoisotopic (exact) mass is 404 g/mol. The zero-order valence-electron chi connectivity index (χ0n) is 16.0. The summed E-state index contributed by atoms with van der Waals surface area (Å²) in [6, 6.07) is 12.8. The van der Waals surface area contributed by atoms with Crippen molar-refractivity contribution in [3.8, 4) is 11.5 Å². The SMILES string of the molecule is COc1ccc(S(=O)(=O)N(C)c2ccc(OCC(=O)N3CCCC3)cc2)cc1. The summed E-state index contributed by atoms with van der Waals surface area (Å²) in [5.74, 6) is 1.08. The maximum atomic E-state index is 12.8. The lowest BCUT2D eigenvalue weighted by Crippen LogP contribution is -2.32. The summed E-state index contributed by atoms with van der Waals surface area (Å²) in [5, 5.41) is 0. The Balaban J connectivity index is 1.65. The maximum Gasteiger partial charge on any atom is 0.264 e. The molecular formula is C20H24N2O5S. The van der Waals surface area contributed by atoms with Crippen LogP contribution in [0.3, 0.4) is 0 Å². The molecule has 0 aromatic heterocycles. The molecular weight excluding hydrogens is 380 g/mol. The molecule has 0 N–H and O–H groups in total. The molecule has 28 heavy (non-hydrogen) atoms. The highest BCUT2D eigenvalue weighted by atomic mass is 32.2. The first-order valence-corrected chi connectivity index (χ1v) is 10.5. The van der Waals surface area contributed by atoms with Gasteiger partial charge >= 0.3 is 0 Å². The third kappa shape index (κ3) is 4.39. The molecule has 3 rings (SSSR count). The van der Waals surface area contributed by atoms with Crippen LogP contribution < -0.4 is 13.8 Å². The van der Waals surface area contributed by atoms with E-state index in [0.717, 1.165) is 25.9 Å². The van der Waals surface area contributed by atoms with E-state index in [1.165, 1.54) is 30.6 Å². The normalized spacial score (nSPS) is 14.0. The van der Waals surface area contributed by atoms with Crippen LogP contribution in [0.4, 0.5) is 5.69 Å². The number of rotatable bonds is 7. The summed E-state index contributed by atoms with van der Waals surface area (Å²) in [7, 11) is -0.672. The standard InChI is InChI=1S/C20H24N2O5S/c1-21(28(24,25)19-11-9-17(26-2)10-12-19)16-5-7-18(8-6-16)27-15-20(23)22-13-3-4-14-22/h5-12H,3-4,13-15H2,1-2H3. The number of anilines is 1. The molecule has 150 valence electrons. The molecule has 0 radical (unpaired) electrons. The minimum atomic E-state index is -3.69. The fraction of sp³-hybridized carbons (Fsp3) is 0.350. The Morgan fingerprint density at radius 3 is 2.14 bits per heavy atom. The second-order valence-electron chi connectivity index (χ2n) is 6.52. The third-order valence-corrected chi connectivity index (χ3v) is 6.54. The van der Waals surface area contributed by atoms with Crippen molar-refractivity contribution in [1.29, 1.82) is 0 Å². The van der Waals surface area contributed by atoms with Gasteiger partial charge in [-0.15, -0.1) is 0 Å². The summed E-state index contributed by atoms with van der Waals surface area (Å²) in [6.07, 6.45) is 2.07. The molecule has 0 saturated carbocycles. The molecule has 1 heterocycles. The number of ether oxygens (including phenoxy) is 2. The minimum absolute atomic E-state index is 0.0146. The number of sulfonamides is 1. The van der Waals surface area contributed by atoms with Crippen LogP contribution in [0.1, 0.15) is 12.8 Å². The van der Waals surface area contributed by atoms with Crippen molar-refractivity contribution >= 4 is 21.6 Å². The van der Waals surface area contributed by atoms with Gasteiger partial charge < -0.3 is 14.4 Å². The number of amides is 1. The summed E-state index contributed by atoms with van der Waals surface area (Å²) >= 11 is 0. The number of nitrogens with zero attached hydrogens (tertiary/aromatic N) is 2. The Hall–Kier alpha value is -2.74. The second kappa shape index (κ2) is 8.52. The number of hydrogen-bond donors (Lipinski definition) is 0. The number of benzene rings is 2. The smallest absolute Gasteiger partial charge is 0.264 e. The predicted molar refractivity (Wildman–Crippen MR) is 106 cm³/mol. The Morgan fingerprint density at radius 1 is 1.00 bits per heavy atom. The largest absolute Gasteiger partial charge is 0.497 e. The number of likely N-dealkylation sites (tertiary alicyclic amines) is 1. The Kier molecular flexibility index (Phi) is 6.08. The quantitative estimate of drug-likeness (QED) is 0.709. The fourth-order valence-electron chi connectivity index (χ4n) is 3.00. The van der Waals surface area contributed by atoms with Crippen LogP contribution in [0.25, 0.3) is 0 Å². The van der Waals surface area contributed by atoms with Crippen LogP contribution in [0.5, 0.6) is 11.5 Å². The second-order valence-corrected chi connectivity index (χ2v) is 8.49. The van der Waals surface area contributed by atoms with Crippen molar-refractivity contribution in [3.05, 3.63) is 48.5 Å². The minimum Gasteiger partial charge on any atom is -0.497 e. The lowest BCUT2D eigenvalue weighted by atomic mass is 10.3. The van der Waals surface area contributed by atoms with E-state index in [1.54, 1.807) is 41.3 Å². The average Bonchev–Trinajstić information content (AvgIpc) is 3.27. The number of methoxy groups -OCH3 is 1. The van der Waals surface area contributed by atoms with E-state index in [4.69, 9.17) is 9.47 Å².